The molecule has 1 heterocycles. The lowest BCUT2D eigenvalue weighted by atomic mass is 10.2. The van der Waals surface area contributed by atoms with Crippen LogP contribution in [0.1, 0.15) is 24.6 Å². The normalized spacial score (nSPS) is 13.1. The lowest BCUT2D eigenvalue weighted by molar-refractivity contribution is 0.276. The Bertz CT molecular complexity index is 211. The van der Waals surface area contributed by atoms with Crippen molar-refractivity contribution in [1.29, 1.82) is 0 Å². The minimum atomic E-state index is 0.297. The molecule has 3 heteroatoms. The molecule has 0 aromatic carbocycles. The molecule has 13 heavy (non-hydrogen) atoms. The zero-order chi connectivity index (χ0) is 9.52. The molecule has 1 aromatic rings. The van der Waals surface area contributed by atoms with Gasteiger partial charge < -0.3 is 10.4 Å². The minimum Gasteiger partial charge on any atom is -0.396 e. The highest BCUT2D eigenvalue weighted by Gasteiger charge is 2.00. The van der Waals surface area contributed by atoms with Gasteiger partial charge in [-0.2, -0.15) is 0 Å². The van der Waals surface area contributed by atoms with Gasteiger partial charge in [-0.15, -0.1) is 11.3 Å². The molecule has 0 fully saturated rings. The quantitative estimate of drug-likeness (QED) is 0.734. The number of hydrogen-bond donors (Lipinski definition) is 2. The molecule has 74 valence electrons. The van der Waals surface area contributed by atoms with E-state index in [2.05, 4.69) is 29.8 Å². The number of nitrogens with one attached hydrogen (secondary N) is 1. The zero-order valence-corrected chi connectivity index (χ0v) is 8.81. The van der Waals surface area contributed by atoms with Crippen LogP contribution in [-0.2, 0) is 6.54 Å². The molecule has 2 nitrogen and oxygen atoms in total. The smallest absolute Gasteiger partial charge is 0.0431 e. The van der Waals surface area contributed by atoms with Crippen molar-refractivity contribution < 1.29 is 5.11 Å². The van der Waals surface area contributed by atoms with E-state index in [0.29, 0.717) is 12.6 Å². The number of hydrogen-bond acceptors (Lipinski definition) is 3. The molecule has 0 aliphatic rings. The van der Waals surface area contributed by atoms with Crippen molar-refractivity contribution in [3.63, 3.8) is 0 Å². The molecule has 1 aromatic heterocycles. The molecule has 2 N–H and O–H groups in total. The summed E-state index contributed by atoms with van der Waals surface area (Å²) in [7, 11) is 0. The Hall–Kier alpha value is -0.380. The maximum absolute atomic E-state index is 8.64. The molecule has 0 aliphatic carbocycles. The van der Waals surface area contributed by atoms with Crippen LogP contribution in [0.4, 0.5) is 0 Å². The highest BCUT2D eigenvalue weighted by atomic mass is 32.1. The second kappa shape index (κ2) is 6.13. The first kappa shape index (κ1) is 10.7. The molecule has 0 saturated carbocycles. The van der Waals surface area contributed by atoms with Crippen molar-refractivity contribution in [2.45, 2.75) is 32.4 Å². The Morgan fingerprint density at radius 2 is 2.46 bits per heavy atom. The molecular formula is C10H17NOS. The van der Waals surface area contributed by atoms with Gasteiger partial charge in [0.15, 0.2) is 0 Å². The maximum atomic E-state index is 8.64. The van der Waals surface area contributed by atoms with E-state index in [1.54, 1.807) is 11.3 Å². The average Bonchev–Trinajstić information content (AvgIpc) is 2.64. The molecule has 1 atom stereocenters. The summed E-state index contributed by atoms with van der Waals surface area (Å²) in [5, 5.41) is 14.2. The van der Waals surface area contributed by atoms with E-state index >= 15 is 0 Å². The molecule has 1 rings (SSSR count). The Labute approximate surface area is 83.6 Å². The van der Waals surface area contributed by atoms with Gasteiger partial charge in [-0.1, -0.05) is 6.07 Å². The molecule has 0 unspecified atom stereocenters. The molecule has 0 spiro atoms. The Balaban J connectivity index is 2.11. The predicted molar refractivity (Wildman–Crippen MR) is 56.9 cm³/mol. The molecular weight excluding hydrogens is 182 g/mol. The number of aliphatic hydroxyl groups is 1. The second-order valence-corrected chi connectivity index (χ2v) is 4.26. The van der Waals surface area contributed by atoms with Crippen molar-refractivity contribution >= 4 is 11.3 Å². The van der Waals surface area contributed by atoms with Crippen molar-refractivity contribution in [2.24, 2.45) is 0 Å². The van der Waals surface area contributed by atoms with Crippen molar-refractivity contribution in [3.05, 3.63) is 22.4 Å². The van der Waals surface area contributed by atoms with Crippen LogP contribution < -0.4 is 5.32 Å². The Morgan fingerprint density at radius 1 is 1.62 bits per heavy atom. The zero-order valence-electron chi connectivity index (χ0n) is 7.99. The minimum absolute atomic E-state index is 0.297. The first-order valence-corrected chi connectivity index (χ1v) is 5.57. The summed E-state index contributed by atoms with van der Waals surface area (Å²) >= 11 is 1.78. The standard InChI is InChI=1S/C10H17NOS/c1-9(4-2-6-12)11-8-10-5-3-7-13-10/h3,5,7,9,11-12H,2,4,6,8H2,1H3/t9-/m0/s1. The molecule has 0 radical (unpaired) electrons. The van der Waals surface area contributed by atoms with Crippen molar-refractivity contribution in [2.75, 3.05) is 6.61 Å². The molecule has 0 saturated heterocycles. The van der Waals surface area contributed by atoms with E-state index in [4.69, 9.17) is 5.11 Å². The predicted octanol–water partition coefficient (Wildman–Crippen LogP) is 2.00. The first-order chi connectivity index (χ1) is 6.33. The summed E-state index contributed by atoms with van der Waals surface area (Å²) in [5.41, 5.74) is 0. The van der Waals surface area contributed by atoms with Gasteiger partial charge in [-0.05, 0) is 31.2 Å². The number of rotatable bonds is 6. The van der Waals surface area contributed by atoms with E-state index in [9.17, 15) is 0 Å². The summed E-state index contributed by atoms with van der Waals surface area (Å²) in [6.07, 6.45) is 1.93. The highest BCUT2D eigenvalue weighted by Crippen LogP contribution is 2.08. The topological polar surface area (TPSA) is 32.3 Å². The summed E-state index contributed by atoms with van der Waals surface area (Å²) < 4.78 is 0. The van der Waals surface area contributed by atoms with Crippen molar-refractivity contribution in [1.82, 2.24) is 5.32 Å². The van der Waals surface area contributed by atoms with Crippen LogP contribution in [0.25, 0.3) is 0 Å². The lowest BCUT2D eigenvalue weighted by Gasteiger charge is -2.11. The van der Waals surface area contributed by atoms with E-state index in [1.165, 1.54) is 4.88 Å². The fraction of sp³-hybridized carbons (Fsp3) is 0.600. The third kappa shape index (κ3) is 4.41. The van der Waals surface area contributed by atoms with Gasteiger partial charge in [-0.3, -0.25) is 0 Å². The third-order valence-electron chi connectivity index (χ3n) is 2.00. The van der Waals surface area contributed by atoms with Gasteiger partial charge in [0.25, 0.3) is 0 Å². The van der Waals surface area contributed by atoms with Gasteiger partial charge in [0.2, 0.25) is 0 Å². The van der Waals surface area contributed by atoms with Crippen LogP contribution in [0.15, 0.2) is 17.5 Å². The summed E-state index contributed by atoms with van der Waals surface area (Å²) in [6, 6.07) is 4.70. The van der Waals surface area contributed by atoms with Gasteiger partial charge in [0.05, 0.1) is 0 Å². The second-order valence-electron chi connectivity index (χ2n) is 3.23. The third-order valence-corrected chi connectivity index (χ3v) is 2.88. The van der Waals surface area contributed by atoms with Crippen LogP contribution in [-0.4, -0.2) is 17.8 Å². The Kier molecular flexibility index (Phi) is 5.05. The van der Waals surface area contributed by atoms with Gasteiger partial charge in [0, 0.05) is 24.1 Å². The summed E-state index contributed by atoms with van der Waals surface area (Å²) in [5.74, 6) is 0. The van der Waals surface area contributed by atoms with Crippen LogP contribution in [0, 0.1) is 0 Å². The van der Waals surface area contributed by atoms with E-state index in [0.717, 1.165) is 19.4 Å². The van der Waals surface area contributed by atoms with E-state index in [1.807, 2.05) is 0 Å². The Morgan fingerprint density at radius 3 is 3.08 bits per heavy atom. The van der Waals surface area contributed by atoms with Crippen LogP contribution in [0.3, 0.4) is 0 Å². The average molecular weight is 199 g/mol. The van der Waals surface area contributed by atoms with Crippen LogP contribution in [0.5, 0.6) is 0 Å². The molecule has 0 aliphatic heterocycles. The van der Waals surface area contributed by atoms with Crippen LogP contribution in [0.2, 0.25) is 0 Å². The largest absolute Gasteiger partial charge is 0.396 e. The fourth-order valence-electron chi connectivity index (χ4n) is 1.19. The van der Waals surface area contributed by atoms with Gasteiger partial charge in [-0.25, -0.2) is 0 Å². The maximum Gasteiger partial charge on any atom is 0.0431 e. The number of thiophene rings is 1. The van der Waals surface area contributed by atoms with Gasteiger partial charge >= 0.3 is 0 Å². The number of aliphatic hydroxyl groups excluding tert-OH is 1. The van der Waals surface area contributed by atoms with Crippen molar-refractivity contribution in [3.8, 4) is 0 Å². The van der Waals surface area contributed by atoms with Crippen LogP contribution >= 0.6 is 11.3 Å². The van der Waals surface area contributed by atoms with E-state index < -0.39 is 0 Å². The molecule has 0 amide bonds. The first-order valence-electron chi connectivity index (χ1n) is 4.69. The monoisotopic (exact) mass is 199 g/mol. The van der Waals surface area contributed by atoms with Gasteiger partial charge in [0.1, 0.15) is 0 Å². The SMILES string of the molecule is C[C@@H](CCCO)NCc1cccs1. The lowest BCUT2D eigenvalue weighted by Crippen LogP contribution is -2.25. The fourth-order valence-corrected chi connectivity index (χ4v) is 1.84. The summed E-state index contributed by atoms with van der Waals surface area (Å²) in [4.78, 5) is 1.37. The molecule has 0 bridgehead atoms. The van der Waals surface area contributed by atoms with E-state index in [-0.39, 0.29) is 0 Å². The highest BCUT2D eigenvalue weighted by molar-refractivity contribution is 7.09. The summed E-state index contributed by atoms with van der Waals surface area (Å²) in [6.45, 7) is 3.40.